The van der Waals surface area contributed by atoms with Crippen LogP contribution in [0.5, 0.6) is 5.75 Å². The molecule has 3 nitrogen and oxygen atoms in total. The van der Waals surface area contributed by atoms with Gasteiger partial charge in [0, 0.05) is 6.54 Å². The SMILES string of the molecule is CNCCC1CCN(CCCOc2ccc(F)cc2)CC1. The second kappa shape index (κ2) is 9.00. The van der Waals surface area contributed by atoms with Crippen molar-refractivity contribution in [2.24, 2.45) is 5.92 Å². The Morgan fingerprint density at radius 1 is 1.24 bits per heavy atom. The predicted octanol–water partition coefficient (Wildman–Crippen LogP) is 2.92. The summed E-state index contributed by atoms with van der Waals surface area (Å²) in [5.74, 6) is 1.43. The van der Waals surface area contributed by atoms with Gasteiger partial charge < -0.3 is 15.0 Å². The lowest BCUT2D eigenvalue weighted by Crippen LogP contribution is -2.35. The Hall–Kier alpha value is -1.13. The molecule has 118 valence electrons. The lowest BCUT2D eigenvalue weighted by molar-refractivity contribution is 0.167. The zero-order valence-corrected chi connectivity index (χ0v) is 13.0. The number of hydrogen-bond donors (Lipinski definition) is 1. The minimum atomic E-state index is -0.219. The molecule has 0 unspecified atom stereocenters. The molecule has 1 aliphatic rings. The first kappa shape index (κ1) is 16.2. The molecule has 0 amide bonds. The average Bonchev–Trinajstić information content (AvgIpc) is 2.52. The van der Waals surface area contributed by atoms with E-state index < -0.39 is 0 Å². The predicted molar refractivity (Wildman–Crippen MR) is 84.2 cm³/mol. The van der Waals surface area contributed by atoms with Gasteiger partial charge in [0.25, 0.3) is 0 Å². The highest BCUT2D eigenvalue weighted by molar-refractivity contribution is 5.21. The minimum Gasteiger partial charge on any atom is -0.494 e. The molecule has 0 spiro atoms. The van der Waals surface area contributed by atoms with Crippen LogP contribution in [-0.2, 0) is 0 Å². The molecule has 0 saturated carbocycles. The number of rotatable bonds is 8. The molecule has 0 bridgehead atoms. The van der Waals surface area contributed by atoms with Gasteiger partial charge in [0.2, 0.25) is 0 Å². The van der Waals surface area contributed by atoms with Crippen LogP contribution in [0.25, 0.3) is 0 Å². The van der Waals surface area contributed by atoms with E-state index in [0.717, 1.165) is 31.2 Å². The van der Waals surface area contributed by atoms with Gasteiger partial charge in [0.15, 0.2) is 0 Å². The zero-order chi connectivity index (χ0) is 14.9. The lowest BCUT2D eigenvalue weighted by Gasteiger charge is -2.31. The normalized spacial score (nSPS) is 17.0. The van der Waals surface area contributed by atoms with Crippen molar-refractivity contribution in [3.05, 3.63) is 30.1 Å². The van der Waals surface area contributed by atoms with E-state index in [1.807, 2.05) is 7.05 Å². The first-order chi connectivity index (χ1) is 10.3. The smallest absolute Gasteiger partial charge is 0.123 e. The van der Waals surface area contributed by atoms with Gasteiger partial charge in [-0.25, -0.2) is 4.39 Å². The highest BCUT2D eigenvalue weighted by atomic mass is 19.1. The fourth-order valence-electron chi connectivity index (χ4n) is 2.86. The average molecular weight is 294 g/mol. The highest BCUT2D eigenvalue weighted by Crippen LogP contribution is 2.20. The van der Waals surface area contributed by atoms with E-state index in [4.69, 9.17) is 4.74 Å². The third-order valence-electron chi connectivity index (χ3n) is 4.21. The quantitative estimate of drug-likeness (QED) is 0.746. The number of nitrogens with one attached hydrogen (secondary N) is 1. The summed E-state index contributed by atoms with van der Waals surface area (Å²) < 4.78 is 18.4. The summed E-state index contributed by atoms with van der Waals surface area (Å²) in [7, 11) is 2.02. The molecule has 4 heteroatoms. The molecular weight excluding hydrogens is 267 g/mol. The summed E-state index contributed by atoms with van der Waals surface area (Å²) in [6.45, 7) is 5.36. The molecular formula is C17H27FN2O. The van der Waals surface area contributed by atoms with Crippen molar-refractivity contribution in [3.8, 4) is 5.75 Å². The van der Waals surface area contributed by atoms with Crippen LogP contribution in [0.1, 0.15) is 25.7 Å². The third kappa shape index (κ3) is 6.02. The topological polar surface area (TPSA) is 24.5 Å². The van der Waals surface area contributed by atoms with Crippen LogP contribution >= 0.6 is 0 Å². The highest BCUT2D eigenvalue weighted by Gasteiger charge is 2.18. The molecule has 1 saturated heterocycles. The van der Waals surface area contributed by atoms with Crippen LogP contribution in [0.4, 0.5) is 4.39 Å². The maximum Gasteiger partial charge on any atom is 0.123 e. The Balaban J connectivity index is 1.54. The Bertz CT molecular complexity index is 388. The Labute approximate surface area is 127 Å². The van der Waals surface area contributed by atoms with Crippen LogP contribution in [0.15, 0.2) is 24.3 Å². The van der Waals surface area contributed by atoms with Crippen LogP contribution in [0.2, 0.25) is 0 Å². The molecule has 0 aromatic heterocycles. The summed E-state index contributed by atoms with van der Waals surface area (Å²) in [6, 6.07) is 6.24. The number of benzene rings is 1. The van der Waals surface area contributed by atoms with E-state index in [1.54, 1.807) is 12.1 Å². The second-order valence-electron chi connectivity index (χ2n) is 5.83. The van der Waals surface area contributed by atoms with E-state index in [0.29, 0.717) is 6.61 Å². The standard InChI is InChI=1S/C17H27FN2O/c1-19-10-7-15-8-12-20(13-9-15)11-2-14-21-17-5-3-16(18)4-6-17/h3-6,15,19H,2,7-14H2,1H3. The Morgan fingerprint density at radius 2 is 1.95 bits per heavy atom. The summed E-state index contributed by atoms with van der Waals surface area (Å²) in [5, 5.41) is 3.23. The summed E-state index contributed by atoms with van der Waals surface area (Å²) in [4.78, 5) is 2.53. The van der Waals surface area contributed by atoms with Crippen LogP contribution in [0, 0.1) is 11.7 Å². The van der Waals surface area contributed by atoms with Crippen molar-refractivity contribution < 1.29 is 9.13 Å². The summed E-state index contributed by atoms with van der Waals surface area (Å²) in [6.07, 6.45) is 4.97. The van der Waals surface area contributed by atoms with Crippen molar-refractivity contribution in [1.82, 2.24) is 10.2 Å². The first-order valence-corrected chi connectivity index (χ1v) is 8.03. The molecule has 1 aromatic carbocycles. The Morgan fingerprint density at radius 3 is 2.62 bits per heavy atom. The van der Waals surface area contributed by atoms with E-state index >= 15 is 0 Å². The summed E-state index contributed by atoms with van der Waals surface area (Å²) >= 11 is 0. The summed E-state index contributed by atoms with van der Waals surface area (Å²) in [5.41, 5.74) is 0. The van der Waals surface area contributed by atoms with Crippen LogP contribution < -0.4 is 10.1 Å². The monoisotopic (exact) mass is 294 g/mol. The molecule has 1 aliphatic heterocycles. The fraction of sp³-hybridized carbons (Fsp3) is 0.647. The molecule has 1 heterocycles. The number of hydrogen-bond acceptors (Lipinski definition) is 3. The molecule has 1 fully saturated rings. The molecule has 21 heavy (non-hydrogen) atoms. The molecule has 0 atom stereocenters. The number of ether oxygens (including phenoxy) is 1. The van der Waals surface area contributed by atoms with Gasteiger partial charge in [0.1, 0.15) is 11.6 Å². The second-order valence-corrected chi connectivity index (χ2v) is 5.83. The van der Waals surface area contributed by atoms with Crippen molar-refractivity contribution in [3.63, 3.8) is 0 Å². The zero-order valence-electron chi connectivity index (χ0n) is 13.0. The number of piperidine rings is 1. The van der Waals surface area contributed by atoms with E-state index in [1.165, 1.54) is 44.5 Å². The number of halogens is 1. The van der Waals surface area contributed by atoms with Crippen LogP contribution in [-0.4, -0.2) is 44.7 Å². The molecule has 1 aromatic rings. The van der Waals surface area contributed by atoms with Crippen molar-refractivity contribution >= 4 is 0 Å². The lowest BCUT2D eigenvalue weighted by atomic mass is 9.93. The molecule has 0 aliphatic carbocycles. The van der Waals surface area contributed by atoms with Gasteiger partial charge in [-0.15, -0.1) is 0 Å². The van der Waals surface area contributed by atoms with Crippen molar-refractivity contribution in [2.45, 2.75) is 25.7 Å². The van der Waals surface area contributed by atoms with Gasteiger partial charge >= 0.3 is 0 Å². The largest absolute Gasteiger partial charge is 0.494 e. The first-order valence-electron chi connectivity index (χ1n) is 8.03. The van der Waals surface area contributed by atoms with E-state index in [2.05, 4.69) is 10.2 Å². The minimum absolute atomic E-state index is 0.219. The maximum absolute atomic E-state index is 12.8. The van der Waals surface area contributed by atoms with Gasteiger partial charge in [0.05, 0.1) is 6.61 Å². The van der Waals surface area contributed by atoms with Gasteiger partial charge in [-0.2, -0.15) is 0 Å². The van der Waals surface area contributed by atoms with E-state index in [9.17, 15) is 4.39 Å². The third-order valence-corrected chi connectivity index (χ3v) is 4.21. The van der Waals surface area contributed by atoms with E-state index in [-0.39, 0.29) is 5.82 Å². The van der Waals surface area contributed by atoms with Gasteiger partial charge in [-0.05, 0) is 82.5 Å². The van der Waals surface area contributed by atoms with Crippen molar-refractivity contribution in [2.75, 3.05) is 39.8 Å². The molecule has 1 N–H and O–H groups in total. The van der Waals surface area contributed by atoms with Crippen LogP contribution in [0.3, 0.4) is 0 Å². The molecule has 0 radical (unpaired) electrons. The van der Waals surface area contributed by atoms with Gasteiger partial charge in [-0.1, -0.05) is 0 Å². The fourth-order valence-corrected chi connectivity index (χ4v) is 2.86. The van der Waals surface area contributed by atoms with Crippen molar-refractivity contribution in [1.29, 1.82) is 0 Å². The molecule has 2 rings (SSSR count). The number of nitrogens with zero attached hydrogens (tertiary/aromatic N) is 1. The Kier molecular flexibility index (Phi) is 6.96. The maximum atomic E-state index is 12.8. The van der Waals surface area contributed by atoms with Gasteiger partial charge in [-0.3, -0.25) is 0 Å². The number of likely N-dealkylation sites (tertiary alicyclic amines) is 1.